The summed E-state index contributed by atoms with van der Waals surface area (Å²) in [6.07, 6.45) is -64.3. The molecule has 5 aliphatic rings. The number of hydrogen-bond acceptors (Lipinski definition) is 43. The molecule has 25 atom stereocenters. The monoisotopic (exact) mass is 1590 g/mol. The van der Waals surface area contributed by atoms with E-state index < -0.39 is 268 Å². The molecule has 0 radical (unpaired) electrons. The van der Waals surface area contributed by atoms with Gasteiger partial charge in [0, 0.05) is 20.0 Å². The predicted octanol–water partition coefficient (Wildman–Crippen LogP) is -13.1. The molecule has 0 aliphatic carbocycles. The van der Waals surface area contributed by atoms with Crippen molar-refractivity contribution in [1.82, 2.24) is 14.2 Å². The topological polar surface area (TPSA) is 822 Å². The number of aliphatic hydroxyl groups is 5. The van der Waals surface area contributed by atoms with Crippen LogP contribution in [-0.2, 0) is 180 Å². The molecule has 0 saturated carbocycles. The summed E-state index contributed by atoms with van der Waals surface area (Å²) >= 11 is 3.13. The average molecular weight is 1590 g/mol. The molecule has 5 rings (SSSR count). The number of aliphatic hydroxyl groups excluding tert-OH is 5. The van der Waals surface area contributed by atoms with Crippen LogP contribution in [0.4, 0.5) is 0 Å². The van der Waals surface area contributed by atoms with Crippen molar-refractivity contribution >= 4 is 108 Å². The molecule has 0 amide bonds. The first kappa shape index (κ1) is 83.2. The Bertz CT molecular complexity index is 3570. The van der Waals surface area contributed by atoms with Crippen molar-refractivity contribution in [1.29, 1.82) is 0 Å². The van der Waals surface area contributed by atoms with E-state index in [1.807, 2.05) is 0 Å². The molecule has 95 heavy (non-hydrogen) atoms. The minimum Gasteiger partial charge on any atom is -0.479 e. The van der Waals surface area contributed by atoms with E-state index in [2.05, 4.69) is 48.2 Å². The molecule has 5 heterocycles. The summed E-state index contributed by atoms with van der Waals surface area (Å²) in [4.78, 5) is 31.0. The van der Waals surface area contributed by atoms with Gasteiger partial charge in [0.05, 0.1) is 19.8 Å². The molecule has 5 fully saturated rings. The lowest BCUT2D eigenvalue weighted by Crippen LogP contribution is -2.71. The highest BCUT2D eigenvalue weighted by Gasteiger charge is 2.62. The predicted molar refractivity (Wildman–Crippen MR) is 273 cm³/mol. The van der Waals surface area contributed by atoms with Gasteiger partial charge in [-0.05, 0) is 10.1 Å². The fraction of sp³-hybridized carbons (Fsp3) is 0.935. The molecule has 0 aromatic heterocycles. The van der Waals surface area contributed by atoms with Crippen molar-refractivity contribution in [2.24, 2.45) is 0 Å². The maximum atomic E-state index is 13.3. The molecule has 0 aromatic carbocycles. The Hall–Kier alpha value is -2.51. The van der Waals surface area contributed by atoms with Crippen LogP contribution in [0.25, 0.3) is 0 Å². The van der Waals surface area contributed by atoms with Crippen molar-refractivity contribution in [3.05, 3.63) is 0 Å². The maximum Gasteiger partial charge on any atom is 0.397 e. The van der Waals surface area contributed by atoms with Crippen LogP contribution in [0.15, 0.2) is 0 Å². The zero-order chi connectivity index (χ0) is 72.3. The van der Waals surface area contributed by atoms with Gasteiger partial charge in [0.15, 0.2) is 49.8 Å². The number of ether oxygens (including phenoxy) is 10. The Balaban J connectivity index is 1.66. The maximum absolute atomic E-state index is 13.3. The number of thiol groups is 1. The van der Waals surface area contributed by atoms with E-state index >= 15 is 0 Å². The number of carbonyl (C=O) groups is 2. The molecule has 0 bridgehead atoms. The van der Waals surface area contributed by atoms with Crippen LogP contribution in [0.3, 0.4) is 0 Å². The van der Waals surface area contributed by atoms with Crippen LogP contribution >= 0.6 is 12.9 Å². The first-order chi connectivity index (χ1) is 43.2. The van der Waals surface area contributed by atoms with E-state index in [-0.39, 0.29) is 0 Å². The van der Waals surface area contributed by atoms with Crippen LogP contribution in [0, 0.1) is 0 Å². The largest absolute Gasteiger partial charge is 0.479 e. The number of nitrogens with one attached hydrogen (secondary N) is 3. The van der Waals surface area contributed by atoms with Crippen molar-refractivity contribution in [2.45, 2.75) is 153 Å². The number of aliphatic carboxylic acids is 2. The average Bonchev–Trinajstić information content (AvgIpc) is 0.764. The molecule has 0 aromatic rings. The third kappa shape index (κ3) is 24.9. The molecule has 0 spiro atoms. The summed E-state index contributed by atoms with van der Waals surface area (Å²) in [5, 5.41) is 84.9. The van der Waals surface area contributed by atoms with Crippen LogP contribution in [0.1, 0.15) is 0 Å². The minimum absolute atomic E-state index is 0.703. The number of methoxy groups -OCH3 is 1. The highest BCUT2D eigenvalue weighted by Crippen LogP contribution is 2.39. The summed E-state index contributed by atoms with van der Waals surface area (Å²) in [5.74, 6) is -5.00. The molecule has 0 unspecified atom stereocenters. The van der Waals surface area contributed by atoms with Gasteiger partial charge in [0.2, 0.25) is 0 Å². The second kappa shape index (κ2) is 32.6. The third-order valence-corrected chi connectivity index (χ3v) is 16.6. The summed E-state index contributed by atoms with van der Waals surface area (Å²) in [6, 6.07) is -8.13. The number of carboxylic acids is 2. The zero-order valence-electron chi connectivity index (χ0n) is 45.6. The van der Waals surface area contributed by atoms with Gasteiger partial charge in [-0.1, -0.05) is 0 Å². The molecule has 64 heteroatoms. The van der Waals surface area contributed by atoms with Gasteiger partial charge < -0.3 is 83.1 Å². The quantitative estimate of drug-likeness (QED) is 0.00710. The van der Waals surface area contributed by atoms with E-state index in [0.717, 1.165) is 0 Å². The van der Waals surface area contributed by atoms with Crippen LogP contribution in [0.2, 0.25) is 0 Å². The Morgan fingerprint density at radius 2 is 0.779 bits per heavy atom. The lowest BCUT2D eigenvalue weighted by molar-refractivity contribution is -0.620. The van der Waals surface area contributed by atoms with Gasteiger partial charge in [-0.25, -0.2) is 30.5 Å². The van der Waals surface area contributed by atoms with Gasteiger partial charge in [0.1, 0.15) is 104 Å². The van der Waals surface area contributed by atoms with Gasteiger partial charge in [-0.15, -0.1) is 4.33 Å². The summed E-state index contributed by atoms with van der Waals surface area (Å²) in [5.41, 5.74) is 0. The molecule has 5 saturated heterocycles. The number of rotatable bonds is 34. The fourth-order valence-electron chi connectivity index (χ4n) is 9.15. The molecule has 558 valence electrons. The highest BCUT2D eigenvalue weighted by molar-refractivity contribution is 7.84. The van der Waals surface area contributed by atoms with Crippen LogP contribution < -0.4 is 14.2 Å². The summed E-state index contributed by atoms with van der Waals surface area (Å²) in [6.45, 7) is -5.09. The SMILES string of the molecule is CO[C@H]1O[C@H](COS(=O)(=O)O)[C@@H](O[C@@H]2O[C@@H](C(=O)O)[C@@H](O[C@H]3O[C@H](COS(=O)(=O)O)[C@@H](O[C@@H]4O[C@H](C(=O)O)[C@@H](O[C@H]5O[C@H](COS(=O)(=O)O)[C@@H](O)[C@H](O)[C@H]5NS(=O)(=O)O)[C@H](O)[C@H]4O)[C@H](OOOOS)[C@H]3NS(=O)(=O)O)[C@H](OS(=O)(=O)O)[C@H]2OS(=O)(=O)O)[C@H](O)[C@H]1NS(=O)(=O)O. The fourth-order valence-corrected chi connectivity index (χ4v) is 12.8. The molecule has 5 aliphatic heterocycles. The standard InChI is InChI=1S/C31H53N3O52S9/c1-68-27-9(33-89(47,48)49)13(37)16(6(73-27)3-70-92(56,57)58)75-31-24(83-95(65,66)67)21(82-94(62,63)64)20(23(80-31)26(42)43)78-29-10(34-90(50,51)52)18(81-84-85-86-87)17(7(74-29)4-71-93(59,60)61)76-30-15(39)14(38)19(22(79-30)25(40)41)77-28-8(32-88(44,45)46)12(36)11(35)5(72-28)2-69-91(53,54)55/h5-24,27-39,87H,2-4H2,1H3,(H,40,41)(H,42,43)(H,44,45,46)(H,47,48,49)(H,50,51,52)(H,53,54,55)(H,56,57,58)(H,59,60,61)(H,62,63,64)(H,65,66,67)/t5-,6-,7-,8-,9-,10-,11-,12-,13-,14-,15-,16-,17-,18-,19+,20+,21+,22+,23-,24-,27+,28-,29-,30-,31-/m1/s1. The molecular formula is C31H53N3O52S9. The molecule has 18 N–H and O–H groups in total. The van der Waals surface area contributed by atoms with Gasteiger partial charge >= 0.3 is 94.8 Å². The third-order valence-electron chi connectivity index (χ3n) is 12.6. The van der Waals surface area contributed by atoms with Crippen molar-refractivity contribution < 1.29 is 237 Å². The minimum atomic E-state index is -6.43. The Kier molecular flexibility index (Phi) is 28.6. The normalized spacial score (nSPS) is 37.5. The van der Waals surface area contributed by atoms with Crippen molar-refractivity contribution in [2.75, 3.05) is 26.9 Å². The second-order valence-electron chi connectivity index (χ2n) is 19.0. The Morgan fingerprint density at radius 1 is 0.389 bits per heavy atom. The zero-order valence-corrected chi connectivity index (χ0v) is 53.0. The van der Waals surface area contributed by atoms with Crippen molar-refractivity contribution in [3.8, 4) is 0 Å². The van der Waals surface area contributed by atoms with E-state index in [4.69, 9.17) is 56.8 Å². The molecular weight excluding hydrogens is 1530 g/mol. The molecule has 55 nitrogen and oxygen atoms in total. The Labute approximate surface area is 536 Å². The van der Waals surface area contributed by atoms with E-state index in [1.165, 1.54) is 14.2 Å². The summed E-state index contributed by atoms with van der Waals surface area (Å²) < 4.78 is 353. The first-order valence-corrected chi connectivity index (χ1v) is 35.7. The summed E-state index contributed by atoms with van der Waals surface area (Å²) in [7, 11) is -46.3. The van der Waals surface area contributed by atoms with Crippen LogP contribution in [0.5, 0.6) is 0 Å². The van der Waals surface area contributed by atoms with Gasteiger partial charge in [-0.2, -0.15) is 86.4 Å². The smallest absolute Gasteiger partial charge is 0.397 e. The first-order valence-electron chi connectivity index (χ1n) is 24.2. The number of carboxylic acid groups (broad SMARTS) is 2. The highest BCUT2D eigenvalue weighted by atomic mass is 32.3. The van der Waals surface area contributed by atoms with Crippen LogP contribution in [-0.4, -0.2) is 332 Å². The van der Waals surface area contributed by atoms with Gasteiger partial charge in [0.25, 0.3) is 0 Å². The van der Waals surface area contributed by atoms with Gasteiger partial charge in [-0.3, -0.25) is 36.4 Å². The lowest BCUT2D eigenvalue weighted by atomic mass is 9.94. The number of hydrogen-bond donors (Lipinski definition) is 19. The van der Waals surface area contributed by atoms with E-state index in [0.29, 0.717) is 7.11 Å². The lowest BCUT2D eigenvalue weighted by Gasteiger charge is -2.50. The Morgan fingerprint density at radius 3 is 1.24 bits per heavy atom. The van der Waals surface area contributed by atoms with Crippen molar-refractivity contribution in [3.63, 3.8) is 0 Å². The van der Waals surface area contributed by atoms with E-state index in [9.17, 15) is 145 Å². The second-order valence-corrected chi connectivity index (χ2v) is 28.1. The van der Waals surface area contributed by atoms with E-state index in [1.54, 1.807) is 0 Å².